The van der Waals surface area contributed by atoms with E-state index in [1.165, 1.54) is 17.4 Å². The molecule has 0 radical (unpaired) electrons. The van der Waals surface area contributed by atoms with Crippen LogP contribution in [0.15, 0.2) is 24.4 Å². The van der Waals surface area contributed by atoms with Crippen molar-refractivity contribution in [3.05, 3.63) is 41.5 Å². The number of fused-ring (bicyclic) bond motifs is 1. The number of amides is 1. The van der Waals surface area contributed by atoms with E-state index < -0.39 is 0 Å². The molecule has 0 saturated carbocycles. The summed E-state index contributed by atoms with van der Waals surface area (Å²) in [6, 6.07) is 4.85. The van der Waals surface area contributed by atoms with Gasteiger partial charge in [-0.3, -0.25) is 14.4 Å². The molecule has 0 fully saturated rings. The summed E-state index contributed by atoms with van der Waals surface area (Å²) in [5.74, 6) is -0.582. The predicted octanol–water partition coefficient (Wildman–Crippen LogP) is 3.08. The molecule has 0 spiro atoms. The Bertz CT molecular complexity index is 933. The van der Waals surface area contributed by atoms with E-state index in [2.05, 4.69) is 15.0 Å². The highest BCUT2D eigenvalue weighted by molar-refractivity contribution is 7.22. The van der Waals surface area contributed by atoms with Gasteiger partial charge >= 0.3 is 0 Å². The molecule has 3 rings (SSSR count). The van der Waals surface area contributed by atoms with E-state index in [4.69, 9.17) is 0 Å². The normalized spacial score (nSPS) is 11.5. The van der Waals surface area contributed by atoms with Gasteiger partial charge in [-0.1, -0.05) is 17.4 Å². The first-order chi connectivity index (χ1) is 12.4. The number of carbonyl (C=O) groups excluding carboxylic acids is 1. The lowest BCUT2D eigenvalue weighted by atomic mass is 10.2. The third-order valence-corrected chi connectivity index (χ3v) is 5.08. The minimum Gasteiger partial charge on any atom is -0.309 e. The number of para-hydroxylation sites is 1. The maximum Gasteiger partial charge on any atom is 0.280 e. The van der Waals surface area contributed by atoms with Crippen LogP contribution in [0.25, 0.3) is 10.2 Å². The van der Waals surface area contributed by atoms with Gasteiger partial charge in [0.25, 0.3) is 5.91 Å². The molecule has 0 bridgehead atoms. The zero-order valence-corrected chi connectivity index (χ0v) is 16.2. The van der Waals surface area contributed by atoms with Crippen LogP contribution in [0.3, 0.4) is 0 Å². The predicted molar refractivity (Wildman–Crippen MR) is 102 cm³/mol. The van der Waals surface area contributed by atoms with Gasteiger partial charge < -0.3 is 4.90 Å². The Balaban J connectivity index is 1.97. The van der Waals surface area contributed by atoms with Crippen molar-refractivity contribution >= 4 is 32.6 Å². The minimum atomic E-state index is -0.375. The molecule has 0 N–H and O–H groups in total. The summed E-state index contributed by atoms with van der Waals surface area (Å²) in [5, 5.41) is 4.79. The molecule has 8 heteroatoms. The van der Waals surface area contributed by atoms with Crippen molar-refractivity contribution in [2.24, 2.45) is 7.05 Å². The molecule has 26 heavy (non-hydrogen) atoms. The molecule has 0 unspecified atom stereocenters. The second-order valence-electron chi connectivity index (χ2n) is 6.53. The van der Waals surface area contributed by atoms with E-state index in [1.807, 2.05) is 33.3 Å². The second kappa shape index (κ2) is 7.51. The molecule has 0 aliphatic carbocycles. The van der Waals surface area contributed by atoms with Crippen molar-refractivity contribution in [1.82, 2.24) is 19.7 Å². The highest BCUT2D eigenvalue weighted by Gasteiger charge is 2.25. The number of aryl methyl sites for hydroxylation is 2. The van der Waals surface area contributed by atoms with Crippen LogP contribution in [0.2, 0.25) is 0 Å². The third kappa shape index (κ3) is 3.76. The Morgan fingerprint density at radius 3 is 2.69 bits per heavy atom. The molecule has 0 aliphatic rings. The van der Waals surface area contributed by atoms with Crippen molar-refractivity contribution in [1.29, 1.82) is 0 Å². The van der Waals surface area contributed by atoms with Crippen LogP contribution in [0.5, 0.6) is 0 Å². The fourth-order valence-electron chi connectivity index (χ4n) is 2.79. The average Bonchev–Trinajstić information content (AvgIpc) is 3.14. The molecule has 6 nitrogen and oxygen atoms in total. The van der Waals surface area contributed by atoms with Crippen molar-refractivity contribution < 1.29 is 9.18 Å². The van der Waals surface area contributed by atoms with Crippen molar-refractivity contribution in [2.45, 2.75) is 13.3 Å². The number of halogens is 1. The van der Waals surface area contributed by atoms with E-state index in [0.717, 1.165) is 23.2 Å². The molecule has 0 aliphatic heterocycles. The molecule has 1 aromatic carbocycles. The van der Waals surface area contributed by atoms with Crippen LogP contribution in [0.1, 0.15) is 22.5 Å². The maximum atomic E-state index is 14.0. The number of thiazole rings is 1. The lowest BCUT2D eigenvalue weighted by Crippen LogP contribution is -2.34. The van der Waals surface area contributed by atoms with Crippen LogP contribution in [-0.2, 0) is 7.05 Å². The number of aromatic nitrogens is 3. The number of anilines is 1. The van der Waals surface area contributed by atoms with Crippen LogP contribution >= 0.6 is 11.3 Å². The van der Waals surface area contributed by atoms with Gasteiger partial charge in [0.2, 0.25) is 0 Å². The molecule has 138 valence electrons. The van der Waals surface area contributed by atoms with Crippen molar-refractivity contribution in [3.8, 4) is 0 Å². The lowest BCUT2D eigenvalue weighted by molar-refractivity contribution is 0.0980. The summed E-state index contributed by atoms with van der Waals surface area (Å²) in [6.45, 7) is 3.19. The van der Waals surface area contributed by atoms with Crippen LogP contribution < -0.4 is 4.90 Å². The molecule has 0 atom stereocenters. The quantitative estimate of drug-likeness (QED) is 0.664. The van der Waals surface area contributed by atoms with Gasteiger partial charge in [-0.15, -0.1) is 0 Å². The van der Waals surface area contributed by atoms with E-state index in [1.54, 1.807) is 22.7 Å². The van der Waals surface area contributed by atoms with Crippen LogP contribution in [0.4, 0.5) is 9.52 Å². The first kappa shape index (κ1) is 18.5. The highest BCUT2D eigenvalue weighted by Crippen LogP contribution is 2.31. The summed E-state index contributed by atoms with van der Waals surface area (Å²) < 4.78 is 16.4. The molecular weight excluding hydrogens is 353 g/mol. The molecule has 2 heterocycles. The van der Waals surface area contributed by atoms with Gasteiger partial charge in [0, 0.05) is 25.4 Å². The van der Waals surface area contributed by atoms with E-state index in [-0.39, 0.29) is 11.7 Å². The van der Waals surface area contributed by atoms with Crippen molar-refractivity contribution in [3.63, 3.8) is 0 Å². The SMILES string of the molecule is Cc1cn(C)nc1C(=O)N(CCCN(C)C)c1nc2c(F)cccc2s1. The van der Waals surface area contributed by atoms with Crippen LogP contribution in [-0.4, -0.2) is 52.8 Å². The minimum absolute atomic E-state index is 0.207. The summed E-state index contributed by atoms with van der Waals surface area (Å²) in [4.78, 5) is 21.2. The Hall–Kier alpha value is -2.32. The summed E-state index contributed by atoms with van der Waals surface area (Å²) >= 11 is 1.32. The number of nitrogens with zero attached hydrogens (tertiary/aromatic N) is 5. The van der Waals surface area contributed by atoms with E-state index in [0.29, 0.717) is 22.9 Å². The topological polar surface area (TPSA) is 54.3 Å². The lowest BCUT2D eigenvalue weighted by Gasteiger charge is -2.20. The summed E-state index contributed by atoms with van der Waals surface area (Å²) in [6.07, 6.45) is 2.59. The summed E-state index contributed by atoms with van der Waals surface area (Å²) in [7, 11) is 5.76. The highest BCUT2D eigenvalue weighted by atomic mass is 32.1. The zero-order valence-electron chi connectivity index (χ0n) is 15.4. The number of carbonyl (C=O) groups is 1. The van der Waals surface area contributed by atoms with Gasteiger partial charge in [0.1, 0.15) is 11.3 Å². The van der Waals surface area contributed by atoms with Gasteiger partial charge in [-0.25, -0.2) is 9.37 Å². The van der Waals surface area contributed by atoms with E-state index >= 15 is 0 Å². The monoisotopic (exact) mass is 375 g/mol. The fourth-order valence-corrected chi connectivity index (χ4v) is 3.80. The zero-order chi connectivity index (χ0) is 18.8. The number of hydrogen-bond acceptors (Lipinski definition) is 5. The first-order valence-electron chi connectivity index (χ1n) is 8.38. The number of hydrogen-bond donors (Lipinski definition) is 0. The van der Waals surface area contributed by atoms with Crippen LogP contribution in [0, 0.1) is 12.7 Å². The Morgan fingerprint density at radius 1 is 1.31 bits per heavy atom. The van der Waals surface area contributed by atoms with Gasteiger partial charge in [-0.2, -0.15) is 5.10 Å². The average molecular weight is 375 g/mol. The molecule has 1 amide bonds. The molecule has 0 saturated heterocycles. The third-order valence-electron chi connectivity index (χ3n) is 4.04. The van der Waals surface area contributed by atoms with Gasteiger partial charge in [0.05, 0.1) is 4.70 Å². The Kier molecular flexibility index (Phi) is 5.33. The largest absolute Gasteiger partial charge is 0.309 e. The van der Waals surface area contributed by atoms with Gasteiger partial charge in [-0.05, 0) is 46.1 Å². The second-order valence-corrected chi connectivity index (χ2v) is 7.54. The molecule has 3 aromatic rings. The Morgan fingerprint density at radius 2 is 2.08 bits per heavy atom. The van der Waals surface area contributed by atoms with E-state index in [9.17, 15) is 9.18 Å². The summed E-state index contributed by atoms with van der Waals surface area (Å²) in [5.41, 5.74) is 1.51. The molecule has 2 aromatic heterocycles. The standard InChI is InChI=1S/C18H22FN5OS/c1-12-11-23(4)21-15(12)17(25)24(10-6-9-22(2)3)18-20-16-13(19)7-5-8-14(16)26-18/h5,7-8,11H,6,9-10H2,1-4H3. The maximum absolute atomic E-state index is 14.0. The van der Waals surface area contributed by atoms with Crippen molar-refractivity contribution in [2.75, 3.05) is 32.1 Å². The Labute approximate surface area is 155 Å². The first-order valence-corrected chi connectivity index (χ1v) is 9.20. The smallest absolute Gasteiger partial charge is 0.280 e. The number of benzene rings is 1. The van der Waals surface area contributed by atoms with Gasteiger partial charge in [0.15, 0.2) is 10.8 Å². The fraction of sp³-hybridized carbons (Fsp3) is 0.389. The molecular formula is C18H22FN5OS. The number of rotatable bonds is 6.